The van der Waals surface area contributed by atoms with Gasteiger partial charge in [0, 0.05) is 18.5 Å². The molecule has 0 bridgehead atoms. The Morgan fingerprint density at radius 2 is 1.78 bits per heavy atom. The number of aryl methyl sites for hydroxylation is 1. The molecule has 0 N–H and O–H groups in total. The Labute approximate surface area is 135 Å². The van der Waals surface area contributed by atoms with E-state index in [0.717, 1.165) is 30.6 Å². The molecule has 1 fully saturated rings. The summed E-state index contributed by atoms with van der Waals surface area (Å²) in [6.45, 7) is 7.76. The molecule has 23 heavy (non-hydrogen) atoms. The number of carbonyl (C=O) groups excluding carboxylic acids is 1. The molecule has 1 aromatic carbocycles. The summed E-state index contributed by atoms with van der Waals surface area (Å²) in [5.74, 6) is 0.990. The van der Waals surface area contributed by atoms with Crippen molar-refractivity contribution in [1.29, 1.82) is 0 Å². The summed E-state index contributed by atoms with van der Waals surface area (Å²) in [5.41, 5.74) is 0.575. The van der Waals surface area contributed by atoms with Crippen LogP contribution in [0.2, 0.25) is 0 Å². The fourth-order valence-electron chi connectivity index (χ4n) is 3.61. The number of benzene rings is 1. The highest BCUT2D eigenvalue weighted by molar-refractivity contribution is 5.83. The Morgan fingerprint density at radius 1 is 1.17 bits per heavy atom. The van der Waals surface area contributed by atoms with Crippen LogP contribution in [0.1, 0.15) is 26.0 Å². The van der Waals surface area contributed by atoms with Crippen molar-refractivity contribution in [3.63, 3.8) is 0 Å². The number of hydrogen-bond donors (Lipinski definition) is 0. The van der Waals surface area contributed by atoms with Gasteiger partial charge >= 0.3 is 0 Å². The van der Waals surface area contributed by atoms with Gasteiger partial charge in [-0.3, -0.25) is 9.59 Å². The van der Waals surface area contributed by atoms with Gasteiger partial charge < -0.3 is 4.90 Å². The first-order chi connectivity index (χ1) is 11.0. The van der Waals surface area contributed by atoms with Crippen molar-refractivity contribution in [2.24, 2.45) is 11.8 Å². The molecule has 1 aromatic heterocycles. The second kappa shape index (κ2) is 6.14. The average Bonchev–Trinajstić information content (AvgIpc) is 2.51. The third-order valence-corrected chi connectivity index (χ3v) is 4.56. The molecule has 0 radical (unpaired) electrons. The molecule has 0 spiro atoms. The second-order valence-electron chi connectivity index (χ2n) is 6.84. The lowest BCUT2D eigenvalue weighted by Crippen LogP contribution is -2.45. The van der Waals surface area contributed by atoms with Crippen molar-refractivity contribution >= 4 is 16.7 Å². The molecule has 2 atom stereocenters. The van der Waals surface area contributed by atoms with Crippen LogP contribution in [0.4, 0.5) is 0 Å². The van der Waals surface area contributed by atoms with Crippen molar-refractivity contribution in [3.05, 3.63) is 40.3 Å². The average molecular weight is 313 g/mol. The molecule has 1 aliphatic rings. The summed E-state index contributed by atoms with van der Waals surface area (Å²) >= 11 is 0. The van der Waals surface area contributed by atoms with Crippen molar-refractivity contribution in [1.82, 2.24) is 14.7 Å². The van der Waals surface area contributed by atoms with Crippen LogP contribution in [0.3, 0.4) is 0 Å². The van der Waals surface area contributed by atoms with Crippen molar-refractivity contribution in [2.75, 3.05) is 13.1 Å². The van der Waals surface area contributed by atoms with E-state index in [2.05, 4.69) is 18.9 Å². The molecule has 2 heterocycles. The maximum Gasteiger partial charge on any atom is 0.275 e. The molecule has 5 heteroatoms. The van der Waals surface area contributed by atoms with Gasteiger partial charge in [-0.15, -0.1) is 0 Å². The standard InChI is InChI=1S/C18H23N3O2/c1-12-8-13(2)10-20(9-12)17(22)11-21-18(23)16-7-5-4-6-15(16)14(3)19-21/h4-7,12-13H,8-11H2,1-3H3. The Balaban J connectivity index is 1.88. The summed E-state index contributed by atoms with van der Waals surface area (Å²) in [4.78, 5) is 27.0. The number of nitrogens with zero attached hydrogens (tertiary/aromatic N) is 3. The number of rotatable bonds is 2. The first kappa shape index (κ1) is 15.7. The number of aromatic nitrogens is 2. The van der Waals surface area contributed by atoms with Gasteiger partial charge in [-0.2, -0.15) is 5.10 Å². The maximum absolute atomic E-state index is 12.6. The largest absolute Gasteiger partial charge is 0.341 e. The van der Waals surface area contributed by atoms with Gasteiger partial charge in [-0.1, -0.05) is 32.0 Å². The molecule has 1 amide bonds. The highest BCUT2D eigenvalue weighted by atomic mass is 16.2. The quantitative estimate of drug-likeness (QED) is 0.854. The van der Waals surface area contributed by atoms with E-state index in [0.29, 0.717) is 17.2 Å². The smallest absolute Gasteiger partial charge is 0.275 e. The highest BCUT2D eigenvalue weighted by Gasteiger charge is 2.26. The van der Waals surface area contributed by atoms with Crippen LogP contribution in [0.15, 0.2) is 29.1 Å². The number of amides is 1. The first-order valence-corrected chi connectivity index (χ1v) is 8.20. The van der Waals surface area contributed by atoms with Crippen molar-refractivity contribution in [2.45, 2.75) is 33.7 Å². The van der Waals surface area contributed by atoms with Gasteiger partial charge in [-0.05, 0) is 31.2 Å². The van der Waals surface area contributed by atoms with E-state index in [-0.39, 0.29) is 18.0 Å². The van der Waals surface area contributed by atoms with Crippen LogP contribution >= 0.6 is 0 Å². The van der Waals surface area contributed by atoms with Crippen LogP contribution in [0.5, 0.6) is 0 Å². The molecule has 5 nitrogen and oxygen atoms in total. The molecular formula is C18H23N3O2. The lowest BCUT2D eigenvalue weighted by Gasteiger charge is -2.35. The Bertz CT molecular complexity index is 786. The third kappa shape index (κ3) is 3.14. The fourth-order valence-corrected chi connectivity index (χ4v) is 3.61. The number of piperidine rings is 1. The molecule has 3 rings (SSSR count). The summed E-state index contributed by atoms with van der Waals surface area (Å²) in [7, 11) is 0. The van der Waals surface area contributed by atoms with Gasteiger partial charge in [0.2, 0.25) is 5.91 Å². The van der Waals surface area contributed by atoms with E-state index in [1.54, 1.807) is 6.07 Å². The first-order valence-electron chi connectivity index (χ1n) is 8.20. The number of likely N-dealkylation sites (tertiary alicyclic amines) is 1. The van der Waals surface area contributed by atoms with E-state index in [4.69, 9.17) is 0 Å². The van der Waals surface area contributed by atoms with E-state index >= 15 is 0 Å². The molecule has 2 aromatic rings. The molecule has 2 unspecified atom stereocenters. The Hall–Kier alpha value is -2.17. The zero-order valence-corrected chi connectivity index (χ0v) is 14.0. The van der Waals surface area contributed by atoms with Gasteiger partial charge in [0.25, 0.3) is 5.56 Å². The van der Waals surface area contributed by atoms with Crippen LogP contribution in [-0.4, -0.2) is 33.7 Å². The van der Waals surface area contributed by atoms with Crippen LogP contribution in [0, 0.1) is 18.8 Å². The molecule has 1 aliphatic heterocycles. The summed E-state index contributed by atoms with van der Waals surface area (Å²) in [6, 6.07) is 7.41. The Morgan fingerprint density at radius 3 is 2.43 bits per heavy atom. The fraction of sp³-hybridized carbons (Fsp3) is 0.500. The van der Waals surface area contributed by atoms with E-state index < -0.39 is 0 Å². The minimum Gasteiger partial charge on any atom is -0.341 e. The molecule has 122 valence electrons. The minimum atomic E-state index is -0.197. The summed E-state index contributed by atoms with van der Waals surface area (Å²) < 4.78 is 1.31. The summed E-state index contributed by atoms with van der Waals surface area (Å²) in [6.07, 6.45) is 1.15. The zero-order chi connectivity index (χ0) is 16.6. The van der Waals surface area contributed by atoms with Crippen molar-refractivity contribution < 1.29 is 4.79 Å². The second-order valence-corrected chi connectivity index (χ2v) is 6.84. The number of hydrogen-bond acceptors (Lipinski definition) is 3. The lowest BCUT2D eigenvalue weighted by atomic mass is 9.92. The normalized spacial score (nSPS) is 21.6. The predicted octanol–water partition coefficient (Wildman–Crippen LogP) is 2.21. The number of fused-ring (bicyclic) bond motifs is 1. The molecule has 1 saturated heterocycles. The SMILES string of the molecule is Cc1nn(CC(=O)N2CC(C)CC(C)C2)c(=O)c2ccccc12. The third-order valence-electron chi connectivity index (χ3n) is 4.56. The van der Waals surface area contributed by atoms with E-state index in [9.17, 15) is 9.59 Å². The molecule has 0 aliphatic carbocycles. The van der Waals surface area contributed by atoms with Crippen molar-refractivity contribution in [3.8, 4) is 0 Å². The van der Waals surface area contributed by atoms with Gasteiger partial charge in [0.1, 0.15) is 6.54 Å². The van der Waals surface area contributed by atoms with E-state index in [1.165, 1.54) is 4.68 Å². The predicted molar refractivity (Wildman–Crippen MR) is 90.3 cm³/mol. The Kier molecular flexibility index (Phi) is 4.20. The van der Waals surface area contributed by atoms with Gasteiger partial charge in [0.05, 0.1) is 11.1 Å². The van der Waals surface area contributed by atoms with Crippen LogP contribution in [0.25, 0.3) is 10.8 Å². The lowest BCUT2D eigenvalue weighted by molar-refractivity contribution is -0.134. The van der Waals surface area contributed by atoms with E-state index in [1.807, 2.05) is 30.0 Å². The minimum absolute atomic E-state index is 0.0178. The monoisotopic (exact) mass is 313 g/mol. The van der Waals surface area contributed by atoms with Crippen LogP contribution < -0.4 is 5.56 Å². The molecular weight excluding hydrogens is 290 g/mol. The number of carbonyl (C=O) groups is 1. The van der Waals surface area contributed by atoms with Crippen LogP contribution in [-0.2, 0) is 11.3 Å². The topological polar surface area (TPSA) is 55.2 Å². The summed E-state index contributed by atoms with van der Waals surface area (Å²) in [5, 5.41) is 5.80. The van der Waals surface area contributed by atoms with Gasteiger partial charge in [0.15, 0.2) is 0 Å². The zero-order valence-electron chi connectivity index (χ0n) is 14.0. The van der Waals surface area contributed by atoms with Gasteiger partial charge in [-0.25, -0.2) is 4.68 Å². The molecule has 0 saturated carbocycles. The highest BCUT2D eigenvalue weighted by Crippen LogP contribution is 2.21. The maximum atomic E-state index is 12.6.